The number of carbonyl (C=O) groups excluding carboxylic acids is 2. The van der Waals surface area contributed by atoms with E-state index in [9.17, 15) is 19.5 Å². The van der Waals surface area contributed by atoms with Crippen molar-refractivity contribution in [2.75, 3.05) is 26.2 Å². The van der Waals surface area contributed by atoms with Crippen LogP contribution in [0.25, 0.3) is 11.1 Å². The normalized spacial score (nSPS) is 18.6. The van der Waals surface area contributed by atoms with E-state index in [0.717, 1.165) is 36.8 Å². The molecule has 2 aromatic carbocycles. The van der Waals surface area contributed by atoms with Crippen molar-refractivity contribution in [2.24, 2.45) is 0 Å². The molecule has 2 aromatic rings. The second-order valence-electron chi connectivity index (χ2n) is 11.6. The molecule has 216 valence electrons. The molecule has 2 amide bonds. The van der Waals surface area contributed by atoms with Gasteiger partial charge in [-0.15, -0.1) is 0 Å². The van der Waals surface area contributed by atoms with Crippen molar-refractivity contribution < 1.29 is 29.0 Å². The average Bonchev–Trinajstić information content (AvgIpc) is 3.44. The van der Waals surface area contributed by atoms with Crippen molar-refractivity contribution >= 4 is 18.2 Å². The van der Waals surface area contributed by atoms with E-state index in [0.29, 0.717) is 26.1 Å². The van der Waals surface area contributed by atoms with E-state index in [4.69, 9.17) is 9.47 Å². The lowest BCUT2D eigenvalue weighted by molar-refractivity contribution is -0.142. The zero-order chi connectivity index (χ0) is 28.7. The molecule has 40 heavy (non-hydrogen) atoms. The Morgan fingerprint density at radius 1 is 0.925 bits per heavy atom. The molecular formula is C31H41N3O6. The van der Waals surface area contributed by atoms with Gasteiger partial charge in [0.15, 0.2) is 0 Å². The number of amides is 2. The first kappa shape index (κ1) is 29.4. The fourth-order valence-electron chi connectivity index (χ4n) is 5.62. The number of ether oxygens (including phenoxy) is 2. The Morgan fingerprint density at radius 3 is 2.17 bits per heavy atom. The van der Waals surface area contributed by atoms with Crippen LogP contribution in [0.1, 0.15) is 69.9 Å². The van der Waals surface area contributed by atoms with Gasteiger partial charge in [0.1, 0.15) is 18.2 Å². The number of likely N-dealkylation sites (tertiary alicyclic amines) is 1. The summed E-state index contributed by atoms with van der Waals surface area (Å²) in [6, 6.07) is 15.4. The fraction of sp³-hybridized carbons (Fsp3) is 0.516. The molecule has 9 heteroatoms. The highest BCUT2D eigenvalue weighted by atomic mass is 16.6. The van der Waals surface area contributed by atoms with Gasteiger partial charge in [0.25, 0.3) is 0 Å². The summed E-state index contributed by atoms with van der Waals surface area (Å²) in [4.78, 5) is 38.2. The molecule has 3 N–H and O–H groups in total. The number of hydrogen-bond donors (Lipinski definition) is 3. The predicted octanol–water partition coefficient (Wildman–Crippen LogP) is 5.14. The van der Waals surface area contributed by atoms with Gasteiger partial charge in [-0.25, -0.2) is 9.59 Å². The lowest BCUT2D eigenvalue weighted by Gasteiger charge is -2.21. The van der Waals surface area contributed by atoms with Gasteiger partial charge in [-0.1, -0.05) is 61.4 Å². The summed E-state index contributed by atoms with van der Waals surface area (Å²) >= 11 is 0. The van der Waals surface area contributed by atoms with Crippen molar-refractivity contribution in [3.63, 3.8) is 0 Å². The van der Waals surface area contributed by atoms with Gasteiger partial charge >= 0.3 is 18.2 Å². The zero-order valence-corrected chi connectivity index (χ0v) is 23.7. The molecule has 2 aliphatic rings. The van der Waals surface area contributed by atoms with Gasteiger partial charge in [-0.2, -0.15) is 0 Å². The highest BCUT2D eigenvalue weighted by Gasteiger charge is 2.37. The third-order valence-corrected chi connectivity index (χ3v) is 7.39. The second-order valence-corrected chi connectivity index (χ2v) is 11.6. The molecule has 0 bridgehead atoms. The molecular weight excluding hydrogens is 510 g/mol. The molecule has 0 radical (unpaired) electrons. The first-order chi connectivity index (χ1) is 19.1. The topological polar surface area (TPSA) is 117 Å². The van der Waals surface area contributed by atoms with Gasteiger partial charge in [0.05, 0.1) is 0 Å². The summed E-state index contributed by atoms with van der Waals surface area (Å²) < 4.78 is 10.9. The first-order valence-corrected chi connectivity index (χ1v) is 14.2. The van der Waals surface area contributed by atoms with Gasteiger partial charge in [-0.05, 0) is 68.8 Å². The average molecular weight is 552 g/mol. The summed E-state index contributed by atoms with van der Waals surface area (Å²) in [5.41, 5.74) is 4.12. The highest BCUT2D eigenvalue weighted by Crippen LogP contribution is 2.44. The highest BCUT2D eigenvalue weighted by molar-refractivity contribution is 5.79. The largest absolute Gasteiger partial charge is 0.480 e. The lowest BCUT2D eigenvalue weighted by Crippen LogP contribution is -2.38. The Balaban J connectivity index is 1.18. The molecule has 1 saturated heterocycles. The van der Waals surface area contributed by atoms with E-state index in [-0.39, 0.29) is 18.6 Å². The number of nitrogens with one attached hydrogen (secondary N) is 2. The molecule has 4 rings (SSSR count). The summed E-state index contributed by atoms with van der Waals surface area (Å²) in [7, 11) is 0. The van der Waals surface area contributed by atoms with E-state index < -0.39 is 29.8 Å². The molecule has 1 aliphatic heterocycles. The second kappa shape index (κ2) is 13.2. The number of unbranched alkanes of at least 4 members (excludes halogenated alkanes) is 3. The number of nitrogens with zero attached hydrogens (tertiary/aromatic N) is 1. The Bertz CT molecular complexity index is 1150. The molecule has 9 nitrogen and oxygen atoms in total. The maximum atomic E-state index is 12.7. The van der Waals surface area contributed by atoms with Crippen molar-refractivity contribution in [1.29, 1.82) is 0 Å². The number of alkyl carbamates (subject to hydrolysis) is 2. The van der Waals surface area contributed by atoms with E-state index in [1.807, 2.05) is 49.9 Å². The standard InChI is InChI=1S/C31H41N3O6/c1-31(2,3)40-29(37)32-16-10-4-5-11-17-34-19-21(18-27(34)28(35)36)33-30(38)39-20-26-24-14-8-6-12-22(24)23-13-7-9-15-25(23)26/h6-9,12-15,21,26-27H,4-5,10-11,16-20H2,1-3H3,(H,32,37)(H,33,38)(H,35,36)/t21-,27-/m0/s1. The van der Waals surface area contributed by atoms with E-state index in [1.54, 1.807) is 0 Å². The van der Waals surface area contributed by atoms with Gasteiger partial charge < -0.3 is 25.2 Å². The van der Waals surface area contributed by atoms with Crippen molar-refractivity contribution in [1.82, 2.24) is 15.5 Å². The number of carbonyl (C=O) groups is 3. The number of carboxylic acids is 1. The van der Waals surface area contributed by atoms with Crippen LogP contribution in [0.15, 0.2) is 48.5 Å². The maximum Gasteiger partial charge on any atom is 0.407 e. The molecule has 1 fully saturated rings. The molecule has 1 heterocycles. The number of carboxylic acid groups (broad SMARTS) is 1. The van der Waals surface area contributed by atoms with Crippen LogP contribution in [-0.4, -0.2) is 72.1 Å². The number of aliphatic carboxylic acids is 1. The van der Waals surface area contributed by atoms with Crippen LogP contribution in [0, 0.1) is 0 Å². The third kappa shape index (κ3) is 7.75. The lowest BCUT2D eigenvalue weighted by atomic mass is 9.98. The van der Waals surface area contributed by atoms with E-state index in [2.05, 4.69) is 34.9 Å². The Hall–Kier alpha value is -3.59. The summed E-state index contributed by atoms with van der Waals surface area (Å²) in [6.45, 7) is 7.36. The quantitative estimate of drug-likeness (QED) is 0.331. The predicted molar refractivity (Wildman–Crippen MR) is 152 cm³/mol. The fourth-order valence-corrected chi connectivity index (χ4v) is 5.62. The maximum absolute atomic E-state index is 12.7. The SMILES string of the molecule is CC(C)(C)OC(=O)NCCCCCCN1C[C@@H](NC(=O)OCC2c3ccccc3-c3ccccc32)C[C@H]1C(=O)O. The first-order valence-electron chi connectivity index (χ1n) is 14.2. The Kier molecular flexibility index (Phi) is 9.68. The van der Waals surface area contributed by atoms with Crippen LogP contribution >= 0.6 is 0 Å². The van der Waals surface area contributed by atoms with Crippen LogP contribution in [0.3, 0.4) is 0 Å². The van der Waals surface area contributed by atoms with E-state index >= 15 is 0 Å². The van der Waals surface area contributed by atoms with Gasteiger partial charge in [-0.3, -0.25) is 9.69 Å². The zero-order valence-electron chi connectivity index (χ0n) is 23.7. The molecule has 2 atom stereocenters. The van der Waals surface area contributed by atoms with Crippen molar-refractivity contribution in [3.05, 3.63) is 59.7 Å². The minimum atomic E-state index is -0.876. The van der Waals surface area contributed by atoms with Crippen LogP contribution in [0.5, 0.6) is 0 Å². The Labute approximate surface area is 236 Å². The van der Waals surface area contributed by atoms with Crippen LogP contribution in [0.4, 0.5) is 9.59 Å². The summed E-state index contributed by atoms with van der Waals surface area (Å²) in [6.07, 6.45) is 2.92. The molecule has 0 spiro atoms. The minimum absolute atomic E-state index is 0.0238. The number of benzene rings is 2. The minimum Gasteiger partial charge on any atom is -0.480 e. The molecule has 0 saturated carbocycles. The van der Waals surface area contributed by atoms with Gasteiger partial charge in [0.2, 0.25) is 0 Å². The number of fused-ring (bicyclic) bond motifs is 3. The smallest absolute Gasteiger partial charge is 0.407 e. The molecule has 0 unspecified atom stereocenters. The monoisotopic (exact) mass is 551 g/mol. The summed E-state index contributed by atoms with van der Waals surface area (Å²) in [5, 5.41) is 15.4. The third-order valence-electron chi connectivity index (χ3n) is 7.39. The Morgan fingerprint density at radius 2 is 1.55 bits per heavy atom. The van der Waals surface area contributed by atoms with Crippen molar-refractivity contribution in [3.8, 4) is 11.1 Å². The molecule has 1 aliphatic carbocycles. The van der Waals surface area contributed by atoms with Gasteiger partial charge in [0, 0.05) is 25.0 Å². The number of rotatable bonds is 11. The van der Waals surface area contributed by atoms with Crippen LogP contribution < -0.4 is 10.6 Å². The number of hydrogen-bond acceptors (Lipinski definition) is 6. The van der Waals surface area contributed by atoms with Crippen LogP contribution in [-0.2, 0) is 14.3 Å². The molecule has 0 aromatic heterocycles. The van der Waals surface area contributed by atoms with E-state index in [1.165, 1.54) is 11.1 Å². The van der Waals surface area contributed by atoms with Crippen LogP contribution in [0.2, 0.25) is 0 Å². The summed E-state index contributed by atoms with van der Waals surface area (Å²) in [5.74, 6) is -0.900. The van der Waals surface area contributed by atoms with Crippen molar-refractivity contribution in [2.45, 2.75) is 76.5 Å².